The second kappa shape index (κ2) is 11.6. The van der Waals surface area contributed by atoms with Crippen LogP contribution in [0.4, 0.5) is 0 Å². The van der Waals surface area contributed by atoms with Crippen molar-refractivity contribution in [1.82, 2.24) is 24.5 Å². The van der Waals surface area contributed by atoms with Crippen LogP contribution in [0.15, 0.2) is 88.1 Å². The molecular formula is C35H27IrN5O2-2. The number of aryl methyl sites for hydroxylation is 4. The summed E-state index contributed by atoms with van der Waals surface area (Å²) in [5.74, 6) is 0.945. The molecule has 0 aliphatic rings. The number of hydrogen-bond donors (Lipinski definition) is 0. The molecule has 0 unspecified atom stereocenters. The molecule has 0 amide bonds. The fourth-order valence-corrected chi connectivity index (χ4v) is 5.14. The molecule has 2 aromatic carbocycles. The van der Waals surface area contributed by atoms with Crippen molar-refractivity contribution < 1.29 is 29.0 Å². The van der Waals surface area contributed by atoms with Crippen LogP contribution in [0.25, 0.3) is 61.3 Å². The maximum absolute atomic E-state index is 6.11. The van der Waals surface area contributed by atoms with Crippen LogP contribution in [-0.4, -0.2) is 24.5 Å². The number of benzene rings is 2. The number of rotatable bonds is 3. The summed E-state index contributed by atoms with van der Waals surface area (Å²) in [6.45, 7) is 8.10. The molecule has 0 spiro atoms. The summed E-state index contributed by atoms with van der Waals surface area (Å²) in [5.41, 5.74) is 10.6. The van der Waals surface area contributed by atoms with Crippen molar-refractivity contribution in [3.8, 4) is 22.5 Å². The van der Waals surface area contributed by atoms with Gasteiger partial charge in [-0.25, -0.2) is 9.97 Å². The van der Waals surface area contributed by atoms with E-state index in [4.69, 9.17) is 8.94 Å². The Hall–Kier alpha value is -4.65. The minimum atomic E-state index is 0. The average Bonchev–Trinajstić information content (AvgIpc) is 3.67. The number of hydrogen-bond acceptors (Lipinski definition) is 6. The number of furan rings is 1. The zero-order valence-electron chi connectivity index (χ0n) is 24.1. The van der Waals surface area contributed by atoms with Gasteiger partial charge in [0.05, 0.1) is 5.58 Å². The van der Waals surface area contributed by atoms with Crippen LogP contribution >= 0.6 is 0 Å². The van der Waals surface area contributed by atoms with Gasteiger partial charge in [-0.15, -0.1) is 54.1 Å². The number of fused-ring (bicyclic) bond motifs is 6. The molecule has 43 heavy (non-hydrogen) atoms. The third-order valence-corrected chi connectivity index (χ3v) is 7.37. The molecule has 0 fully saturated rings. The van der Waals surface area contributed by atoms with E-state index in [-0.39, 0.29) is 20.1 Å². The molecule has 8 heteroatoms. The minimum Gasteiger partial charge on any atom is -0.486 e. The summed E-state index contributed by atoms with van der Waals surface area (Å²) in [5, 5.41) is 1.99. The van der Waals surface area contributed by atoms with Crippen LogP contribution in [0.5, 0.6) is 0 Å². The van der Waals surface area contributed by atoms with E-state index >= 15 is 0 Å². The van der Waals surface area contributed by atoms with E-state index in [1.54, 1.807) is 10.8 Å². The van der Waals surface area contributed by atoms with Crippen molar-refractivity contribution in [1.29, 1.82) is 0 Å². The van der Waals surface area contributed by atoms with E-state index in [2.05, 4.69) is 45.1 Å². The number of aromatic nitrogens is 5. The van der Waals surface area contributed by atoms with Crippen molar-refractivity contribution in [2.24, 2.45) is 0 Å². The predicted molar refractivity (Wildman–Crippen MR) is 164 cm³/mol. The van der Waals surface area contributed by atoms with Gasteiger partial charge >= 0.3 is 0 Å². The summed E-state index contributed by atoms with van der Waals surface area (Å²) in [6, 6.07) is 28.3. The molecule has 8 aromatic rings. The maximum Gasteiger partial charge on any atom is 0.216 e. The van der Waals surface area contributed by atoms with E-state index < -0.39 is 0 Å². The summed E-state index contributed by atoms with van der Waals surface area (Å²) < 4.78 is 13.9. The second-order valence-corrected chi connectivity index (χ2v) is 10.3. The zero-order valence-corrected chi connectivity index (χ0v) is 26.5. The van der Waals surface area contributed by atoms with E-state index in [9.17, 15) is 0 Å². The molecule has 1 radical (unpaired) electrons. The predicted octanol–water partition coefficient (Wildman–Crippen LogP) is 8.27. The maximum atomic E-state index is 6.11. The van der Waals surface area contributed by atoms with Gasteiger partial charge in [0.25, 0.3) is 0 Å². The Morgan fingerprint density at radius 3 is 2.47 bits per heavy atom. The van der Waals surface area contributed by atoms with Gasteiger partial charge in [0, 0.05) is 55.6 Å². The van der Waals surface area contributed by atoms with Gasteiger partial charge in [-0.1, -0.05) is 30.0 Å². The molecular weight excluding hydrogens is 715 g/mol. The Morgan fingerprint density at radius 1 is 0.837 bits per heavy atom. The molecule has 6 heterocycles. The molecule has 8 rings (SSSR count). The van der Waals surface area contributed by atoms with Crippen molar-refractivity contribution in [2.45, 2.75) is 34.1 Å². The zero-order chi connectivity index (χ0) is 28.8. The third-order valence-electron chi connectivity index (χ3n) is 7.37. The summed E-state index contributed by atoms with van der Waals surface area (Å²) >= 11 is 0. The van der Waals surface area contributed by atoms with Crippen LogP contribution < -0.4 is 0 Å². The van der Waals surface area contributed by atoms with Crippen molar-refractivity contribution in [3.05, 3.63) is 114 Å². The summed E-state index contributed by atoms with van der Waals surface area (Å²) in [4.78, 5) is 18.2. The van der Waals surface area contributed by atoms with Gasteiger partial charge in [-0.05, 0) is 55.9 Å². The van der Waals surface area contributed by atoms with Gasteiger partial charge in [0.2, 0.25) is 5.71 Å². The average molecular weight is 742 g/mol. The Morgan fingerprint density at radius 2 is 1.70 bits per heavy atom. The van der Waals surface area contributed by atoms with Gasteiger partial charge in [-0.2, -0.15) is 4.57 Å². The molecule has 0 atom stereocenters. The fraction of sp³-hybridized carbons (Fsp3) is 0.143. The van der Waals surface area contributed by atoms with Gasteiger partial charge in [-0.3, -0.25) is 0 Å². The third kappa shape index (κ3) is 5.13. The van der Waals surface area contributed by atoms with Crippen LogP contribution in [0.2, 0.25) is 0 Å². The molecule has 7 nitrogen and oxygen atoms in total. The molecule has 0 bridgehead atoms. The second-order valence-electron chi connectivity index (χ2n) is 10.3. The summed E-state index contributed by atoms with van der Waals surface area (Å²) in [6.07, 6.45) is 4.47. The van der Waals surface area contributed by atoms with E-state index in [1.807, 2.05) is 87.6 Å². The molecule has 6 aromatic heterocycles. The van der Waals surface area contributed by atoms with Crippen molar-refractivity contribution in [2.75, 3.05) is 0 Å². The van der Waals surface area contributed by atoms with Gasteiger partial charge in [0.15, 0.2) is 5.65 Å². The van der Waals surface area contributed by atoms with Crippen molar-refractivity contribution >= 4 is 38.7 Å². The number of imidazole rings is 1. The first-order valence-electron chi connectivity index (χ1n) is 13.9. The SMILES string of the molecule is CCc1on2c(nc3cnc(-c4[c-]ccc5c4oc4nc(C)ccc45)cc32)c1C.Cc1ccc(-c2[c-]cccc2)nc1.[Ir]. The van der Waals surface area contributed by atoms with Crippen molar-refractivity contribution in [3.63, 3.8) is 0 Å². The Kier molecular flexibility index (Phi) is 7.65. The van der Waals surface area contributed by atoms with Crippen LogP contribution in [0.3, 0.4) is 0 Å². The first kappa shape index (κ1) is 28.5. The fourth-order valence-electron chi connectivity index (χ4n) is 5.14. The topological polar surface area (TPSA) is 82.2 Å². The molecule has 215 valence electrons. The first-order valence-corrected chi connectivity index (χ1v) is 13.9. The monoisotopic (exact) mass is 742 g/mol. The number of nitrogens with zero attached hydrogens (tertiary/aromatic N) is 5. The Balaban J connectivity index is 0.000000199. The quantitative estimate of drug-likeness (QED) is 0.170. The van der Waals surface area contributed by atoms with Crippen LogP contribution in [0.1, 0.15) is 29.5 Å². The molecule has 0 N–H and O–H groups in total. The largest absolute Gasteiger partial charge is 0.486 e. The van der Waals surface area contributed by atoms with E-state index in [1.165, 1.54) is 5.56 Å². The summed E-state index contributed by atoms with van der Waals surface area (Å²) in [7, 11) is 0. The van der Waals surface area contributed by atoms with Crippen LogP contribution in [0, 0.1) is 32.9 Å². The Labute approximate surface area is 261 Å². The smallest absolute Gasteiger partial charge is 0.216 e. The molecule has 0 saturated heterocycles. The molecule has 0 aliphatic carbocycles. The molecule has 0 aliphatic heterocycles. The van der Waals surface area contributed by atoms with Gasteiger partial charge in [0.1, 0.15) is 16.8 Å². The molecule has 0 saturated carbocycles. The van der Waals surface area contributed by atoms with Crippen LogP contribution in [-0.2, 0) is 26.5 Å². The Bertz CT molecular complexity index is 2210. The van der Waals surface area contributed by atoms with E-state index in [0.717, 1.165) is 79.0 Å². The van der Waals surface area contributed by atoms with Gasteiger partial charge < -0.3 is 18.9 Å². The standard InChI is InChI=1S/C23H17N4O2.C12H10N.Ir/c1-4-20-13(3)22-26-18-11-24-17(10-19(18)27(22)29-20)16-7-5-6-14-15-9-8-12(2)25-23(15)28-21(14)16;1-10-7-8-12(13-9-10)11-5-3-2-4-6-11;/h5-6,8-11H,4H2,1-3H3;2-5,7-9H,1H3;/q2*-1;. The number of pyridine rings is 3. The normalized spacial score (nSPS) is 11.2. The first-order chi connectivity index (χ1) is 20.5. The minimum absolute atomic E-state index is 0. The van der Waals surface area contributed by atoms with E-state index in [0.29, 0.717) is 5.71 Å².